The molecule has 10 nitrogen and oxygen atoms in total. The van der Waals surface area contributed by atoms with Crippen LogP contribution in [0.4, 0.5) is 10.5 Å². The van der Waals surface area contributed by atoms with E-state index in [9.17, 15) is 24.5 Å². The summed E-state index contributed by atoms with van der Waals surface area (Å²) in [5.74, 6) is -1.89. The molecule has 0 aliphatic carbocycles. The number of benzene rings is 1. The molecular weight excluding hydrogens is 360 g/mol. The average molecular weight is 380 g/mol. The van der Waals surface area contributed by atoms with Gasteiger partial charge in [-0.05, 0) is 38.5 Å². The van der Waals surface area contributed by atoms with Crippen LogP contribution in [0.5, 0.6) is 0 Å². The molecule has 146 valence electrons. The Hall–Kier alpha value is -3.43. The van der Waals surface area contributed by atoms with Crippen molar-refractivity contribution < 1.29 is 33.5 Å². The number of carbonyl (C=O) groups is 3. The Kier molecular flexibility index (Phi) is 7.46. The molecule has 1 N–H and O–H groups in total. The first kappa shape index (κ1) is 21.6. The summed E-state index contributed by atoms with van der Waals surface area (Å²) >= 11 is 0. The van der Waals surface area contributed by atoms with Crippen LogP contribution in [0.2, 0.25) is 0 Å². The predicted octanol–water partition coefficient (Wildman–Crippen LogP) is 2.22. The summed E-state index contributed by atoms with van der Waals surface area (Å²) in [7, 11) is 1.08. The molecule has 1 aromatic carbocycles. The molecule has 0 atom stereocenters. The maximum Gasteiger partial charge on any atom is 0.412 e. The number of hydrogen-bond acceptors (Lipinski definition) is 8. The second-order valence-electron chi connectivity index (χ2n) is 6.21. The molecule has 0 heterocycles. The Morgan fingerprint density at radius 2 is 1.78 bits per heavy atom. The number of rotatable bonds is 6. The zero-order valence-corrected chi connectivity index (χ0v) is 15.3. The van der Waals surface area contributed by atoms with Crippen LogP contribution in [0, 0.1) is 10.1 Å². The van der Waals surface area contributed by atoms with Gasteiger partial charge in [-0.15, -0.1) is 0 Å². The highest BCUT2D eigenvalue weighted by atomic mass is 16.6. The molecule has 0 aliphatic heterocycles. The number of nitrogens with zero attached hydrogens (tertiary/aromatic N) is 1. The number of nitrogens with one attached hydrogen (secondary N) is 1. The number of esters is 2. The van der Waals surface area contributed by atoms with Crippen molar-refractivity contribution >= 4 is 23.7 Å². The normalized spacial score (nSPS) is 11.3. The molecule has 0 saturated carbocycles. The van der Waals surface area contributed by atoms with Crippen molar-refractivity contribution in [2.24, 2.45) is 0 Å². The quantitative estimate of drug-likeness (QED) is 0.261. The van der Waals surface area contributed by atoms with Gasteiger partial charge >= 0.3 is 18.0 Å². The van der Waals surface area contributed by atoms with Gasteiger partial charge in [-0.3, -0.25) is 15.4 Å². The van der Waals surface area contributed by atoms with Crippen molar-refractivity contribution in [3.63, 3.8) is 0 Å². The van der Waals surface area contributed by atoms with Gasteiger partial charge in [0, 0.05) is 12.1 Å². The van der Waals surface area contributed by atoms with Crippen LogP contribution in [0.1, 0.15) is 26.3 Å². The molecule has 0 spiro atoms. The largest absolute Gasteiger partial charge is 0.464 e. The van der Waals surface area contributed by atoms with Gasteiger partial charge in [0.05, 0.1) is 18.1 Å². The number of carbonyl (C=O) groups excluding carboxylic acids is 3. The highest BCUT2D eigenvalue weighted by Crippen LogP contribution is 2.13. The lowest BCUT2D eigenvalue weighted by atomic mass is 10.2. The average Bonchev–Trinajstić information content (AvgIpc) is 2.57. The summed E-state index contributed by atoms with van der Waals surface area (Å²) in [6.07, 6.45) is -0.191. The van der Waals surface area contributed by atoms with Crippen LogP contribution < -0.4 is 5.32 Å². The van der Waals surface area contributed by atoms with Crippen LogP contribution in [0.15, 0.2) is 36.0 Å². The van der Waals surface area contributed by atoms with Gasteiger partial charge in [0.15, 0.2) is 0 Å². The second kappa shape index (κ2) is 9.32. The van der Waals surface area contributed by atoms with E-state index in [-0.39, 0.29) is 12.3 Å². The first-order valence-corrected chi connectivity index (χ1v) is 7.72. The van der Waals surface area contributed by atoms with Gasteiger partial charge in [-0.1, -0.05) is 0 Å². The molecule has 0 fully saturated rings. The van der Waals surface area contributed by atoms with E-state index in [4.69, 9.17) is 9.47 Å². The summed E-state index contributed by atoms with van der Waals surface area (Å²) in [5, 5.41) is 12.7. The maximum atomic E-state index is 11.9. The molecular formula is C17H20N2O8. The standard InChI is InChI=1S/C17H20N2O8/c1-17(2,3)27-16(22)18-13(15(21)25-4)9-14(20)26-10-11-5-7-12(8-6-11)19(23)24/h5-9H,10H2,1-4H3,(H,18,22)/b13-9+. The molecule has 1 aromatic rings. The molecule has 0 saturated heterocycles. The topological polar surface area (TPSA) is 134 Å². The van der Waals surface area contributed by atoms with Gasteiger partial charge in [0.1, 0.15) is 17.9 Å². The van der Waals surface area contributed by atoms with Crippen LogP contribution in [0.3, 0.4) is 0 Å². The van der Waals surface area contributed by atoms with Crippen LogP contribution in [-0.4, -0.2) is 35.7 Å². The van der Waals surface area contributed by atoms with E-state index < -0.39 is 34.3 Å². The molecule has 0 aliphatic rings. The molecule has 0 unspecified atom stereocenters. The highest BCUT2D eigenvalue weighted by Gasteiger charge is 2.21. The Balaban J connectivity index is 2.75. The number of ether oxygens (including phenoxy) is 3. The van der Waals surface area contributed by atoms with Crippen molar-refractivity contribution in [3.05, 3.63) is 51.7 Å². The van der Waals surface area contributed by atoms with Gasteiger partial charge < -0.3 is 14.2 Å². The fourth-order valence-electron chi connectivity index (χ4n) is 1.70. The summed E-state index contributed by atoms with van der Waals surface area (Å²) in [4.78, 5) is 45.4. The molecule has 0 radical (unpaired) electrons. The van der Waals surface area contributed by atoms with E-state index in [1.54, 1.807) is 20.8 Å². The third-order valence-electron chi connectivity index (χ3n) is 2.83. The number of hydrogen-bond donors (Lipinski definition) is 1. The highest BCUT2D eigenvalue weighted by molar-refractivity contribution is 5.98. The zero-order valence-electron chi connectivity index (χ0n) is 15.3. The predicted molar refractivity (Wildman–Crippen MR) is 92.4 cm³/mol. The molecule has 10 heteroatoms. The summed E-state index contributed by atoms with van der Waals surface area (Å²) < 4.78 is 14.4. The lowest BCUT2D eigenvalue weighted by Crippen LogP contribution is -2.35. The summed E-state index contributed by atoms with van der Waals surface area (Å²) in [6.45, 7) is 4.71. The summed E-state index contributed by atoms with van der Waals surface area (Å²) in [5.41, 5.74) is -0.858. The van der Waals surface area contributed by atoms with Gasteiger partial charge in [-0.25, -0.2) is 14.4 Å². The fourth-order valence-corrected chi connectivity index (χ4v) is 1.70. The second-order valence-corrected chi connectivity index (χ2v) is 6.21. The van der Waals surface area contributed by atoms with Crippen molar-refractivity contribution in [3.8, 4) is 0 Å². The Labute approximate surface area is 155 Å². The number of nitro groups is 1. The Morgan fingerprint density at radius 1 is 1.19 bits per heavy atom. The van der Waals surface area contributed by atoms with Gasteiger partial charge in [0.25, 0.3) is 5.69 Å². The number of alkyl carbamates (subject to hydrolysis) is 1. The summed E-state index contributed by atoms with van der Waals surface area (Å²) in [6, 6.07) is 5.39. The van der Waals surface area contributed by atoms with Crippen molar-refractivity contribution in [2.75, 3.05) is 7.11 Å². The number of non-ortho nitro benzene ring substituents is 1. The van der Waals surface area contributed by atoms with Crippen LogP contribution >= 0.6 is 0 Å². The number of methoxy groups -OCH3 is 1. The zero-order chi connectivity index (χ0) is 20.6. The first-order valence-electron chi connectivity index (χ1n) is 7.72. The minimum absolute atomic E-state index is 0.0977. The smallest absolute Gasteiger partial charge is 0.412 e. The van der Waals surface area contributed by atoms with E-state index >= 15 is 0 Å². The minimum atomic E-state index is -0.965. The van der Waals surface area contributed by atoms with Gasteiger partial charge in [-0.2, -0.15) is 0 Å². The lowest BCUT2D eigenvalue weighted by Gasteiger charge is -2.19. The Morgan fingerprint density at radius 3 is 2.26 bits per heavy atom. The third-order valence-corrected chi connectivity index (χ3v) is 2.83. The van der Waals surface area contributed by atoms with E-state index in [1.807, 2.05) is 0 Å². The minimum Gasteiger partial charge on any atom is -0.464 e. The molecule has 1 rings (SSSR count). The molecule has 1 amide bonds. The maximum absolute atomic E-state index is 11.9. The Bertz CT molecular complexity index is 747. The first-order chi connectivity index (χ1) is 12.5. The molecule has 0 aromatic heterocycles. The van der Waals surface area contributed by atoms with Crippen LogP contribution in [-0.2, 0) is 30.4 Å². The monoisotopic (exact) mass is 380 g/mol. The van der Waals surface area contributed by atoms with Crippen molar-refractivity contribution in [1.82, 2.24) is 5.32 Å². The third kappa shape index (κ3) is 7.99. The number of nitro benzene ring substituents is 1. The number of amides is 1. The van der Waals surface area contributed by atoms with E-state index in [0.717, 1.165) is 13.2 Å². The lowest BCUT2D eigenvalue weighted by molar-refractivity contribution is -0.384. The van der Waals surface area contributed by atoms with Crippen LogP contribution in [0.25, 0.3) is 0 Å². The SMILES string of the molecule is COC(=O)/C(=C\C(=O)OCc1ccc([N+](=O)[O-])cc1)NC(=O)OC(C)(C)C. The molecule has 27 heavy (non-hydrogen) atoms. The van der Waals surface area contributed by atoms with E-state index in [0.29, 0.717) is 5.56 Å². The van der Waals surface area contributed by atoms with Crippen molar-refractivity contribution in [2.45, 2.75) is 33.0 Å². The van der Waals surface area contributed by atoms with E-state index in [2.05, 4.69) is 10.1 Å². The van der Waals surface area contributed by atoms with Crippen molar-refractivity contribution in [1.29, 1.82) is 0 Å². The van der Waals surface area contributed by atoms with Gasteiger partial charge in [0.2, 0.25) is 0 Å². The van der Waals surface area contributed by atoms with E-state index in [1.165, 1.54) is 24.3 Å². The molecule has 0 bridgehead atoms. The fraction of sp³-hybridized carbons (Fsp3) is 0.353.